The van der Waals surface area contributed by atoms with Crippen LogP contribution in [0.5, 0.6) is 17.2 Å². The molecule has 0 unspecified atom stereocenters. The molecule has 5 heterocycles. The predicted molar refractivity (Wildman–Crippen MR) is 277 cm³/mol. The van der Waals surface area contributed by atoms with Crippen molar-refractivity contribution in [2.45, 2.75) is 27.7 Å². The lowest BCUT2D eigenvalue weighted by molar-refractivity contribution is 0.0435. The van der Waals surface area contributed by atoms with Gasteiger partial charge in [0.2, 0.25) is 0 Å². The molecule has 2 bridgehead atoms. The van der Waals surface area contributed by atoms with E-state index in [9.17, 15) is 4.79 Å². The molecule has 0 N–H and O–H groups in total. The predicted octanol–water partition coefficient (Wildman–Crippen LogP) is 7.20. The molecular weight excluding hydrogens is 907 g/mol. The van der Waals surface area contributed by atoms with Crippen molar-refractivity contribution in [1.82, 2.24) is 15.0 Å². The molecule has 1 fully saturated rings. The first-order valence-corrected chi connectivity index (χ1v) is 24.9. The molecule has 3 aliphatic heterocycles. The number of hydrogen-bond donors (Lipinski definition) is 0. The Balaban J connectivity index is 1.13. The van der Waals surface area contributed by atoms with Gasteiger partial charge < -0.3 is 61.9 Å². The summed E-state index contributed by atoms with van der Waals surface area (Å²) in [6.07, 6.45) is 1.73. The molecule has 9 rings (SSSR count). The Morgan fingerprint density at radius 3 is 1.72 bits per heavy atom. The van der Waals surface area contributed by atoms with Crippen molar-refractivity contribution in [3.05, 3.63) is 107 Å². The number of hydrogen-bond acceptors (Lipinski definition) is 16. The number of aryl methyl sites for hydroxylation is 2. The van der Waals surface area contributed by atoms with Crippen molar-refractivity contribution in [2.75, 3.05) is 158 Å². The highest BCUT2D eigenvalue weighted by Gasteiger charge is 2.21. The molecule has 4 aromatic carbocycles. The van der Waals surface area contributed by atoms with Gasteiger partial charge in [0.1, 0.15) is 48.3 Å². The van der Waals surface area contributed by atoms with Crippen LogP contribution in [-0.2, 0) is 23.7 Å². The van der Waals surface area contributed by atoms with Gasteiger partial charge in [-0.1, -0.05) is 17.3 Å². The van der Waals surface area contributed by atoms with Gasteiger partial charge in [-0.15, -0.1) is 5.10 Å². The van der Waals surface area contributed by atoms with E-state index in [0.717, 1.165) is 63.9 Å². The van der Waals surface area contributed by atoms with Gasteiger partial charge in [-0.05, 0) is 93.4 Å². The Kier molecular flexibility index (Phi) is 18.4. The van der Waals surface area contributed by atoms with Gasteiger partial charge >= 0.3 is 5.63 Å². The molecule has 2 aromatic heterocycles. The average Bonchev–Trinajstić information content (AvgIpc) is 3.87. The normalized spacial score (nSPS) is 16.2. The summed E-state index contributed by atoms with van der Waals surface area (Å²) in [5.74, 6) is 2.15. The fourth-order valence-electron chi connectivity index (χ4n) is 8.76. The highest BCUT2D eigenvalue weighted by atomic mass is 16.5. The number of fused-ring (bicyclic) bond motifs is 21. The minimum absolute atomic E-state index is 0.302. The number of aromatic nitrogens is 3. The maximum absolute atomic E-state index is 13.4. The highest BCUT2D eigenvalue weighted by Crippen LogP contribution is 2.35. The fourth-order valence-corrected chi connectivity index (χ4v) is 8.76. The molecule has 17 heteroatoms. The number of anilines is 4. The fraction of sp³-hybridized carbons (Fsp3) is 0.463. The molecule has 0 saturated carbocycles. The van der Waals surface area contributed by atoms with Crippen molar-refractivity contribution < 1.29 is 42.3 Å². The Bertz CT molecular complexity index is 2590. The molecule has 1 saturated heterocycles. The molecule has 71 heavy (non-hydrogen) atoms. The van der Waals surface area contributed by atoms with E-state index >= 15 is 0 Å². The monoisotopic (exact) mass is 976 g/mol. The maximum atomic E-state index is 13.4. The van der Waals surface area contributed by atoms with Crippen LogP contribution in [0.4, 0.5) is 22.7 Å². The third kappa shape index (κ3) is 13.5. The van der Waals surface area contributed by atoms with Crippen LogP contribution in [0.2, 0.25) is 0 Å². The zero-order valence-electron chi connectivity index (χ0n) is 41.9. The number of rotatable bonds is 10. The van der Waals surface area contributed by atoms with Gasteiger partial charge in [0, 0.05) is 69.6 Å². The Hall–Kier alpha value is -6.37. The molecule has 0 aliphatic carbocycles. The van der Waals surface area contributed by atoms with Crippen LogP contribution in [0.15, 0.2) is 94.3 Å². The van der Waals surface area contributed by atoms with E-state index in [0.29, 0.717) is 147 Å². The number of nitrogens with zero attached hydrogens (tertiary/aromatic N) is 7. The lowest BCUT2D eigenvalue weighted by Gasteiger charge is -2.30. The molecule has 380 valence electrons. The number of methoxy groups -OCH3 is 1. The van der Waals surface area contributed by atoms with E-state index < -0.39 is 5.63 Å². The third-order valence-electron chi connectivity index (χ3n) is 12.6. The minimum Gasteiger partial charge on any atom is -0.490 e. The average molecular weight is 976 g/mol. The summed E-state index contributed by atoms with van der Waals surface area (Å²) in [5.41, 5.74) is 7.34. The summed E-state index contributed by atoms with van der Waals surface area (Å²) in [7, 11) is 1.65. The lowest BCUT2D eigenvalue weighted by atomic mass is 10.1. The molecule has 0 radical (unpaired) electrons. The molecular formula is C54H69N7O10. The second kappa shape index (κ2) is 25.7. The first-order chi connectivity index (χ1) is 34.8. The molecule has 0 spiro atoms. The summed E-state index contributed by atoms with van der Waals surface area (Å²) in [5, 5.41) is 9.69. The summed E-state index contributed by atoms with van der Waals surface area (Å²) in [6, 6.07) is 26.2. The van der Waals surface area contributed by atoms with Crippen molar-refractivity contribution in [1.29, 1.82) is 0 Å². The van der Waals surface area contributed by atoms with E-state index in [1.807, 2.05) is 42.5 Å². The second-order valence-electron chi connectivity index (χ2n) is 17.4. The Morgan fingerprint density at radius 1 is 0.606 bits per heavy atom. The molecule has 17 nitrogen and oxygen atoms in total. The van der Waals surface area contributed by atoms with Crippen molar-refractivity contribution >= 4 is 33.7 Å². The minimum atomic E-state index is -0.489. The van der Waals surface area contributed by atoms with E-state index in [2.05, 4.69) is 94.0 Å². The topological polar surface area (TPSA) is 148 Å². The lowest BCUT2D eigenvalue weighted by Crippen LogP contribution is -2.34. The zero-order valence-corrected chi connectivity index (χ0v) is 41.9. The van der Waals surface area contributed by atoms with Crippen LogP contribution in [0.1, 0.15) is 25.0 Å². The Morgan fingerprint density at radius 2 is 1.15 bits per heavy atom. The molecule has 0 atom stereocenters. The summed E-state index contributed by atoms with van der Waals surface area (Å²) in [6.45, 7) is 19.0. The van der Waals surface area contributed by atoms with Crippen LogP contribution in [0, 0.1) is 13.8 Å². The van der Waals surface area contributed by atoms with Gasteiger partial charge in [-0.2, -0.15) is 0 Å². The van der Waals surface area contributed by atoms with Crippen molar-refractivity contribution in [3.63, 3.8) is 0 Å². The summed E-state index contributed by atoms with van der Waals surface area (Å²) >= 11 is 0. The largest absolute Gasteiger partial charge is 0.490 e. The highest BCUT2D eigenvalue weighted by molar-refractivity contribution is 5.84. The molecule has 6 aromatic rings. The summed E-state index contributed by atoms with van der Waals surface area (Å²) < 4.78 is 57.4. The van der Waals surface area contributed by atoms with Crippen LogP contribution in [0.25, 0.3) is 27.9 Å². The van der Waals surface area contributed by atoms with Gasteiger partial charge in [-0.25, -0.2) is 9.48 Å². The van der Waals surface area contributed by atoms with Crippen LogP contribution in [0.3, 0.4) is 0 Å². The first kappa shape index (κ1) is 51.0. The third-order valence-corrected chi connectivity index (χ3v) is 12.6. The van der Waals surface area contributed by atoms with E-state index in [1.54, 1.807) is 18.0 Å². The van der Waals surface area contributed by atoms with E-state index in [-0.39, 0.29) is 0 Å². The second-order valence-corrected chi connectivity index (χ2v) is 17.4. The SMILES string of the molecule is CCN(CC)c1ccc2cc(-c3cn(-c4ccc(N5CCOc6cc(C)ccc6N6CCOCCOCCN(CCOCCOCC6)c6ccc(C)cc6OCC5)c(OCCOC)c4)nn3)c(=O)oc2c1. The van der Waals surface area contributed by atoms with Crippen LogP contribution >= 0.6 is 0 Å². The maximum Gasteiger partial charge on any atom is 0.345 e. The number of ether oxygens (including phenoxy) is 8. The smallest absolute Gasteiger partial charge is 0.345 e. The van der Waals surface area contributed by atoms with Gasteiger partial charge in [0.15, 0.2) is 0 Å². The van der Waals surface area contributed by atoms with Crippen molar-refractivity contribution in [2.24, 2.45) is 0 Å². The molecule has 3 aliphatic rings. The summed E-state index contributed by atoms with van der Waals surface area (Å²) in [4.78, 5) is 22.4. The quantitative estimate of drug-likeness (QED) is 0.0774. The van der Waals surface area contributed by atoms with Crippen LogP contribution < -0.4 is 39.4 Å². The zero-order chi connectivity index (χ0) is 49.4. The van der Waals surface area contributed by atoms with Gasteiger partial charge in [0.05, 0.1) is 107 Å². The van der Waals surface area contributed by atoms with Crippen LogP contribution in [-0.4, -0.2) is 154 Å². The van der Waals surface area contributed by atoms with Gasteiger partial charge in [0.25, 0.3) is 0 Å². The standard InChI is InChI=1S/C54H69N7O10/c1-6-57(7-2)43-11-10-42-36-45(54(62)71-50(42)37-43)46-39-61(56-55-46)44-12-15-49(53(38-44)70-33-28-63-5)60-20-26-68-51-34-40(3)8-13-47(51)58-16-22-64-29-31-66-24-18-59(19-25-67-32-30-65-23-17-58)48-14-9-41(4)35-52(48)69-27-21-60/h8-15,34-39H,6-7,16-33H2,1-5H3. The molecule has 0 amide bonds. The Labute approximate surface area is 416 Å². The van der Waals surface area contributed by atoms with Gasteiger partial charge in [-0.3, -0.25) is 0 Å². The first-order valence-electron chi connectivity index (χ1n) is 24.9. The number of benzene rings is 4. The van der Waals surface area contributed by atoms with E-state index in [1.165, 1.54) is 0 Å². The van der Waals surface area contributed by atoms with E-state index in [4.69, 9.17) is 42.3 Å². The van der Waals surface area contributed by atoms with Crippen molar-refractivity contribution in [3.8, 4) is 34.2 Å².